The molecular weight excluding hydrogens is 208 g/mol. The Bertz CT molecular complexity index is 397. The lowest BCUT2D eigenvalue weighted by atomic mass is 10.2. The van der Waals surface area contributed by atoms with Gasteiger partial charge in [0.05, 0.1) is 18.3 Å². The van der Waals surface area contributed by atoms with Crippen LogP contribution in [0, 0.1) is 6.92 Å². The fraction of sp³-hybridized carbons (Fsp3) is 0.500. The third kappa shape index (κ3) is 2.59. The highest BCUT2D eigenvalue weighted by Gasteiger charge is 2.22. The van der Waals surface area contributed by atoms with Crippen LogP contribution in [0.5, 0.6) is 0 Å². The number of nitrogens with zero attached hydrogens (tertiary/aromatic N) is 2. The zero-order valence-electron chi connectivity index (χ0n) is 9.65. The van der Waals surface area contributed by atoms with Gasteiger partial charge < -0.3 is 10.6 Å². The molecule has 0 saturated heterocycles. The number of H-pyrrole nitrogens is 1. The maximum absolute atomic E-state index is 12.1. The van der Waals surface area contributed by atoms with Crippen LogP contribution < -0.4 is 5.73 Å². The minimum atomic E-state index is -0.525. The summed E-state index contributed by atoms with van der Waals surface area (Å²) in [4.78, 5) is 24.4. The molecule has 0 aromatic carbocycles. The zero-order chi connectivity index (χ0) is 12.3. The predicted molar refractivity (Wildman–Crippen MR) is 58.7 cm³/mol. The summed E-state index contributed by atoms with van der Waals surface area (Å²) in [6, 6.07) is -0.0886. The number of rotatable bonds is 4. The van der Waals surface area contributed by atoms with Gasteiger partial charge in [0.1, 0.15) is 0 Å². The van der Waals surface area contributed by atoms with Crippen molar-refractivity contribution in [1.29, 1.82) is 0 Å². The molecule has 0 radical (unpaired) electrons. The average molecular weight is 224 g/mol. The molecule has 6 heteroatoms. The van der Waals surface area contributed by atoms with E-state index in [1.165, 1.54) is 11.1 Å². The molecule has 0 saturated carbocycles. The van der Waals surface area contributed by atoms with E-state index in [9.17, 15) is 9.59 Å². The quantitative estimate of drug-likeness (QED) is 0.757. The molecule has 0 aliphatic heterocycles. The summed E-state index contributed by atoms with van der Waals surface area (Å²) in [5.74, 6) is -0.761. The number of aromatic nitrogens is 2. The molecule has 2 amide bonds. The van der Waals surface area contributed by atoms with Crippen molar-refractivity contribution in [1.82, 2.24) is 15.1 Å². The van der Waals surface area contributed by atoms with Crippen molar-refractivity contribution >= 4 is 11.8 Å². The fourth-order valence-corrected chi connectivity index (χ4v) is 1.38. The number of hydrogen-bond donors (Lipinski definition) is 2. The Balaban J connectivity index is 2.92. The lowest BCUT2D eigenvalue weighted by Crippen LogP contribution is -2.42. The Morgan fingerprint density at radius 2 is 2.19 bits per heavy atom. The Morgan fingerprint density at radius 3 is 2.56 bits per heavy atom. The fourth-order valence-electron chi connectivity index (χ4n) is 1.38. The summed E-state index contributed by atoms with van der Waals surface area (Å²) in [5, 5.41) is 6.46. The molecule has 1 rings (SSSR count). The molecule has 0 aliphatic rings. The monoisotopic (exact) mass is 224 g/mol. The third-order valence-corrected chi connectivity index (χ3v) is 2.27. The molecule has 6 nitrogen and oxygen atoms in total. The number of carbonyl (C=O) groups is 2. The number of aromatic amines is 1. The van der Waals surface area contributed by atoms with Gasteiger partial charge in [-0.05, 0) is 20.8 Å². The Morgan fingerprint density at radius 1 is 1.56 bits per heavy atom. The van der Waals surface area contributed by atoms with Crippen LogP contribution in [-0.4, -0.2) is 39.5 Å². The van der Waals surface area contributed by atoms with E-state index < -0.39 is 5.91 Å². The van der Waals surface area contributed by atoms with Gasteiger partial charge in [-0.25, -0.2) is 0 Å². The first-order chi connectivity index (χ1) is 7.43. The van der Waals surface area contributed by atoms with Crippen LogP contribution in [0.2, 0.25) is 0 Å². The van der Waals surface area contributed by atoms with Crippen molar-refractivity contribution in [3.8, 4) is 0 Å². The van der Waals surface area contributed by atoms with Gasteiger partial charge in [-0.2, -0.15) is 5.10 Å². The number of amides is 2. The van der Waals surface area contributed by atoms with Crippen LogP contribution in [0.15, 0.2) is 6.20 Å². The molecule has 0 bridgehead atoms. The van der Waals surface area contributed by atoms with Gasteiger partial charge in [0, 0.05) is 11.7 Å². The highest BCUT2D eigenvalue weighted by molar-refractivity contribution is 5.97. The number of aryl methyl sites for hydroxylation is 1. The van der Waals surface area contributed by atoms with E-state index in [0.29, 0.717) is 11.3 Å². The molecule has 0 aliphatic carbocycles. The molecule has 1 aromatic rings. The van der Waals surface area contributed by atoms with E-state index in [1.807, 2.05) is 13.8 Å². The predicted octanol–water partition coefficient (Wildman–Crippen LogP) is 0.0540. The van der Waals surface area contributed by atoms with Crippen LogP contribution in [-0.2, 0) is 4.79 Å². The molecular formula is C10H16N4O2. The van der Waals surface area contributed by atoms with Crippen LogP contribution in [0.4, 0.5) is 0 Å². The van der Waals surface area contributed by atoms with Crippen molar-refractivity contribution in [2.75, 3.05) is 6.54 Å². The van der Waals surface area contributed by atoms with E-state index in [0.717, 1.165) is 0 Å². The van der Waals surface area contributed by atoms with Crippen LogP contribution in [0.1, 0.15) is 29.9 Å². The summed E-state index contributed by atoms with van der Waals surface area (Å²) in [6.07, 6.45) is 1.45. The molecule has 0 unspecified atom stereocenters. The van der Waals surface area contributed by atoms with Crippen molar-refractivity contribution in [2.45, 2.75) is 26.8 Å². The Labute approximate surface area is 93.8 Å². The van der Waals surface area contributed by atoms with Gasteiger partial charge in [-0.1, -0.05) is 0 Å². The van der Waals surface area contributed by atoms with E-state index in [1.54, 1.807) is 6.92 Å². The Kier molecular flexibility index (Phi) is 3.65. The molecule has 0 atom stereocenters. The summed E-state index contributed by atoms with van der Waals surface area (Å²) >= 11 is 0. The number of primary amides is 1. The topological polar surface area (TPSA) is 92.1 Å². The average Bonchev–Trinajstić information content (AvgIpc) is 2.59. The smallest absolute Gasteiger partial charge is 0.258 e. The van der Waals surface area contributed by atoms with E-state index in [4.69, 9.17) is 5.73 Å². The molecule has 0 spiro atoms. The van der Waals surface area contributed by atoms with Gasteiger partial charge in [0.15, 0.2) is 0 Å². The van der Waals surface area contributed by atoms with E-state index >= 15 is 0 Å². The lowest BCUT2D eigenvalue weighted by Gasteiger charge is -2.24. The molecule has 0 fully saturated rings. The van der Waals surface area contributed by atoms with Gasteiger partial charge in [0.25, 0.3) is 5.91 Å². The minimum absolute atomic E-state index is 0.0822. The van der Waals surface area contributed by atoms with Gasteiger partial charge in [-0.15, -0.1) is 0 Å². The maximum Gasteiger partial charge on any atom is 0.258 e. The van der Waals surface area contributed by atoms with Gasteiger partial charge >= 0.3 is 0 Å². The molecule has 3 N–H and O–H groups in total. The summed E-state index contributed by atoms with van der Waals surface area (Å²) in [7, 11) is 0. The second-order valence-electron chi connectivity index (χ2n) is 3.90. The second kappa shape index (κ2) is 4.78. The Hall–Kier alpha value is -1.85. The SMILES string of the molecule is Cc1[nH]ncc1C(=O)N(CC(N)=O)C(C)C. The van der Waals surface area contributed by atoms with E-state index in [-0.39, 0.29) is 18.5 Å². The maximum atomic E-state index is 12.1. The zero-order valence-corrected chi connectivity index (χ0v) is 9.65. The first-order valence-corrected chi connectivity index (χ1v) is 5.02. The largest absolute Gasteiger partial charge is 0.368 e. The first kappa shape index (κ1) is 12.2. The van der Waals surface area contributed by atoms with Crippen LogP contribution in [0.3, 0.4) is 0 Å². The van der Waals surface area contributed by atoms with Crippen molar-refractivity contribution in [3.63, 3.8) is 0 Å². The van der Waals surface area contributed by atoms with Crippen LogP contribution >= 0.6 is 0 Å². The van der Waals surface area contributed by atoms with Crippen LogP contribution in [0.25, 0.3) is 0 Å². The normalized spacial score (nSPS) is 10.5. The standard InChI is InChI=1S/C10H16N4O2/c1-6(2)14(5-9(11)15)10(16)8-4-12-13-7(8)3/h4,6H,5H2,1-3H3,(H2,11,15)(H,12,13). The molecule has 1 aromatic heterocycles. The molecule has 88 valence electrons. The number of nitrogens with two attached hydrogens (primary N) is 1. The van der Waals surface area contributed by atoms with Crippen molar-refractivity contribution in [2.24, 2.45) is 5.73 Å². The first-order valence-electron chi connectivity index (χ1n) is 5.02. The number of nitrogens with one attached hydrogen (secondary N) is 1. The van der Waals surface area contributed by atoms with Gasteiger partial charge in [-0.3, -0.25) is 14.7 Å². The minimum Gasteiger partial charge on any atom is -0.368 e. The molecule has 16 heavy (non-hydrogen) atoms. The number of hydrogen-bond acceptors (Lipinski definition) is 3. The van der Waals surface area contributed by atoms with Crippen molar-refractivity contribution in [3.05, 3.63) is 17.5 Å². The third-order valence-electron chi connectivity index (χ3n) is 2.27. The van der Waals surface area contributed by atoms with Crippen molar-refractivity contribution < 1.29 is 9.59 Å². The lowest BCUT2D eigenvalue weighted by molar-refractivity contribution is -0.119. The molecule has 1 heterocycles. The van der Waals surface area contributed by atoms with Gasteiger partial charge in [0.2, 0.25) is 5.91 Å². The number of carbonyl (C=O) groups excluding carboxylic acids is 2. The summed E-state index contributed by atoms with van der Waals surface area (Å²) < 4.78 is 0. The summed E-state index contributed by atoms with van der Waals surface area (Å²) in [5.41, 5.74) is 6.25. The highest BCUT2D eigenvalue weighted by Crippen LogP contribution is 2.10. The highest BCUT2D eigenvalue weighted by atomic mass is 16.2. The second-order valence-corrected chi connectivity index (χ2v) is 3.90. The van der Waals surface area contributed by atoms with E-state index in [2.05, 4.69) is 10.2 Å². The summed E-state index contributed by atoms with van der Waals surface area (Å²) in [6.45, 7) is 5.33.